The Morgan fingerprint density at radius 1 is 1.27 bits per heavy atom. The van der Waals surface area contributed by atoms with Crippen LogP contribution in [-0.2, 0) is 13.6 Å². The molecular formula is C20H22N4O2. The minimum Gasteiger partial charge on any atom is -0.444 e. The maximum atomic E-state index is 13.1. The van der Waals surface area contributed by atoms with Crippen molar-refractivity contribution in [2.24, 2.45) is 7.05 Å². The van der Waals surface area contributed by atoms with E-state index in [2.05, 4.69) is 17.0 Å². The van der Waals surface area contributed by atoms with E-state index >= 15 is 0 Å². The summed E-state index contributed by atoms with van der Waals surface area (Å²) >= 11 is 0. The number of aryl methyl sites for hydroxylation is 2. The first-order valence-corrected chi connectivity index (χ1v) is 8.83. The SMILES string of the molecule is Cc1nn(C)c(C)c1CN(C(=O)c1ccc(-c2cnco2)cc1)C1CC1. The highest BCUT2D eigenvalue weighted by Gasteiger charge is 2.34. The molecule has 1 aliphatic rings. The Balaban J connectivity index is 1.58. The molecule has 0 N–H and O–H groups in total. The van der Waals surface area contributed by atoms with E-state index < -0.39 is 0 Å². The standard InChI is InChI=1S/C20H22N4O2/c1-13-18(14(2)23(3)22-13)11-24(17-8-9-17)20(25)16-6-4-15(5-7-16)19-10-21-12-26-19/h4-7,10,12,17H,8-9,11H2,1-3H3. The van der Waals surface area contributed by atoms with Gasteiger partial charge in [-0.25, -0.2) is 4.98 Å². The Labute approximate surface area is 152 Å². The average Bonchev–Trinajstić information content (AvgIpc) is 3.27. The van der Waals surface area contributed by atoms with Gasteiger partial charge in [-0.3, -0.25) is 9.48 Å². The van der Waals surface area contributed by atoms with Crippen molar-refractivity contribution >= 4 is 5.91 Å². The fraction of sp³-hybridized carbons (Fsp3) is 0.350. The number of benzene rings is 1. The van der Waals surface area contributed by atoms with Crippen molar-refractivity contribution < 1.29 is 9.21 Å². The summed E-state index contributed by atoms with van der Waals surface area (Å²) in [5.41, 5.74) is 4.85. The maximum Gasteiger partial charge on any atom is 0.254 e. The minimum absolute atomic E-state index is 0.0688. The summed E-state index contributed by atoms with van der Waals surface area (Å²) in [7, 11) is 1.94. The molecule has 0 radical (unpaired) electrons. The zero-order valence-electron chi connectivity index (χ0n) is 15.3. The van der Waals surface area contributed by atoms with Crippen molar-refractivity contribution in [2.75, 3.05) is 0 Å². The molecule has 1 saturated carbocycles. The molecule has 0 atom stereocenters. The van der Waals surface area contributed by atoms with Crippen LogP contribution in [0.2, 0.25) is 0 Å². The lowest BCUT2D eigenvalue weighted by Crippen LogP contribution is -2.33. The summed E-state index contributed by atoms with van der Waals surface area (Å²) in [6.45, 7) is 4.67. The number of carbonyl (C=O) groups excluding carboxylic acids is 1. The second-order valence-corrected chi connectivity index (χ2v) is 6.88. The number of nitrogens with zero attached hydrogens (tertiary/aromatic N) is 4. The van der Waals surface area contributed by atoms with Gasteiger partial charge in [-0.1, -0.05) is 12.1 Å². The van der Waals surface area contributed by atoms with Crippen LogP contribution < -0.4 is 0 Å². The maximum absolute atomic E-state index is 13.1. The summed E-state index contributed by atoms with van der Waals surface area (Å²) in [5, 5.41) is 4.48. The van der Waals surface area contributed by atoms with E-state index in [1.165, 1.54) is 6.39 Å². The summed E-state index contributed by atoms with van der Waals surface area (Å²) in [5.74, 6) is 0.768. The van der Waals surface area contributed by atoms with Crippen molar-refractivity contribution in [1.29, 1.82) is 0 Å². The molecule has 134 valence electrons. The summed E-state index contributed by atoms with van der Waals surface area (Å²) in [6, 6.07) is 7.85. The number of rotatable bonds is 5. The lowest BCUT2D eigenvalue weighted by atomic mass is 10.1. The number of hydrogen-bond donors (Lipinski definition) is 0. The molecule has 0 bridgehead atoms. The third-order valence-corrected chi connectivity index (χ3v) is 5.08. The third-order valence-electron chi connectivity index (χ3n) is 5.08. The van der Waals surface area contributed by atoms with E-state index in [0.717, 1.165) is 35.4 Å². The second kappa shape index (κ2) is 6.44. The molecule has 3 aromatic rings. The molecule has 26 heavy (non-hydrogen) atoms. The lowest BCUT2D eigenvalue weighted by Gasteiger charge is -2.23. The molecule has 0 aliphatic heterocycles. The van der Waals surface area contributed by atoms with Gasteiger partial charge in [0.2, 0.25) is 0 Å². The van der Waals surface area contributed by atoms with E-state index in [9.17, 15) is 4.79 Å². The van der Waals surface area contributed by atoms with Crippen molar-refractivity contribution in [2.45, 2.75) is 39.3 Å². The molecule has 1 fully saturated rings. The molecule has 0 saturated heterocycles. The Hall–Kier alpha value is -2.89. The Kier molecular flexibility index (Phi) is 4.11. The summed E-state index contributed by atoms with van der Waals surface area (Å²) < 4.78 is 7.19. The van der Waals surface area contributed by atoms with Crippen molar-refractivity contribution in [1.82, 2.24) is 19.7 Å². The summed E-state index contributed by atoms with van der Waals surface area (Å²) in [6.07, 6.45) is 5.21. The van der Waals surface area contributed by atoms with Gasteiger partial charge < -0.3 is 9.32 Å². The largest absolute Gasteiger partial charge is 0.444 e. The Morgan fingerprint density at radius 2 is 2.00 bits per heavy atom. The highest BCUT2D eigenvalue weighted by molar-refractivity contribution is 5.95. The first-order chi connectivity index (χ1) is 12.5. The molecule has 2 aromatic heterocycles. The fourth-order valence-electron chi connectivity index (χ4n) is 3.27. The average molecular weight is 350 g/mol. The van der Waals surface area contributed by atoms with Crippen LogP contribution in [0.3, 0.4) is 0 Å². The van der Waals surface area contributed by atoms with Crippen LogP contribution in [-0.4, -0.2) is 31.6 Å². The van der Waals surface area contributed by atoms with Crippen molar-refractivity contribution in [3.05, 3.63) is 59.4 Å². The first-order valence-electron chi connectivity index (χ1n) is 8.83. The van der Waals surface area contributed by atoms with Gasteiger partial charge in [-0.05, 0) is 38.8 Å². The lowest BCUT2D eigenvalue weighted by molar-refractivity contribution is 0.0729. The molecule has 0 unspecified atom stereocenters. The first kappa shape index (κ1) is 16.6. The number of oxazole rings is 1. The topological polar surface area (TPSA) is 64.2 Å². The smallest absolute Gasteiger partial charge is 0.254 e. The summed E-state index contributed by atoms with van der Waals surface area (Å²) in [4.78, 5) is 19.0. The van der Waals surface area contributed by atoms with Crippen LogP contribution >= 0.6 is 0 Å². The van der Waals surface area contributed by atoms with E-state index in [4.69, 9.17) is 4.42 Å². The van der Waals surface area contributed by atoms with E-state index in [1.807, 2.05) is 47.8 Å². The highest BCUT2D eigenvalue weighted by Crippen LogP contribution is 2.31. The monoisotopic (exact) mass is 350 g/mol. The molecule has 1 aliphatic carbocycles. The van der Waals surface area contributed by atoms with Crippen LogP contribution in [0.25, 0.3) is 11.3 Å². The number of aromatic nitrogens is 3. The van der Waals surface area contributed by atoms with Gasteiger partial charge in [-0.2, -0.15) is 5.10 Å². The van der Waals surface area contributed by atoms with Gasteiger partial charge in [0.25, 0.3) is 5.91 Å². The fourth-order valence-corrected chi connectivity index (χ4v) is 3.27. The number of amides is 1. The predicted octanol–water partition coefficient (Wildman–Crippen LogP) is 3.50. The number of carbonyl (C=O) groups is 1. The molecule has 6 nitrogen and oxygen atoms in total. The van der Waals surface area contributed by atoms with Crippen LogP contribution in [0.1, 0.15) is 40.2 Å². The second-order valence-electron chi connectivity index (χ2n) is 6.88. The Bertz CT molecular complexity index is 922. The van der Waals surface area contributed by atoms with Crippen LogP contribution in [0, 0.1) is 13.8 Å². The van der Waals surface area contributed by atoms with Gasteiger partial charge in [0, 0.05) is 42.0 Å². The zero-order valence-corrected chi connectivity index (χ0v) is 15.3. The molecule has 0 spiro atoms. The molecule has 1 aromatic carbocycles. The molecule has 4 rings (SSSR count). The van der Waals surface area contributed by atoms with Crippen LogP contribution in [0.15, 0.2) is 41.3 Å². The van der Waals surface area contributed by atoms with Crippen molar-refractivity contribution in [3.8, 4) is 11.3 Å². The molecule has 6 heteroatoms. The molecule has 1 amide bonds. The third kappa shape index (κ3) is 3.03. The van der Waals surface area contributed by atoms with E-state index in [1.54, 1.807) is 6.20 Å². The van der Waals surface area contributed by atoms with Gasteiger partial charge in [0.05, 0.1) is 11.9 Å². The quantitative estimate of drug-likeness (QED) is 0.706. The van der Waals surface area contributed by atoms with Crippen LogP contribution in [0.4, 0.5) is 0 Å². The predicted molar refractivity (Wildman–Crippen MR) is 97.5 cm³/mol. The normalized spacial score (nSPS) is 13.8. The van der Waals surface area contributed by atoms with Crippen LogP contribution in [0.5, 0.6) is 0 Å². The molecule has 2 heterocycles. The molecular weight excluding hydrogens is 328 g/mol. The van der Waals surface area contributed by atoms with E-state index in [-0.39, 0.29) is 5.91 Å². The zero-order chi connectivity index (χ0) is 18.3. The van der Waals surface area contributed by atoms with Gasteiger partial charge in [0.1, 0.15) is 0 Å². The van der Waals surface area contributed by atoms with Crippen molar-refractivity contribution in [3.63, 3.8) is 0 Å². The van der Waals surface area contributed by atoms with E-state index in [0.29, 0.717) is 23.9 Å². The Morgan fingerprint density at radius 3 is 2.54 bits per heavy atom. The van der Waals surface area contributed by atoms with Gasteiger partial charge in [0.15, 0.2) is 12.2 Å². The van der Waals surface area contributed by atoms with Gasteiger partial charge >= 0.3 is 0 Å². The number of hydrogen-bond acceptors (Lipinski definition) is 4. The highest BCUT2D eigenvalue weighted by atomic mass is 16.3. The minimum atomic E-state index is 0.0688. The van der Waals surface area contributed by atoms with Gasteiger partial charge in [-0.15, -0.1) is 0 Å².